The van der Waals surface area contributed by atoms with E-state index < -0.39 is 5.91 Å². The first-order valence-corrected chi connectivity index (χ1v) is 5.29. The second kappa shape index (κ2) is 7.02. The molecule has 0 aromatic carbocycles. The Labute approximate surface area is 94.3 Å². The van der Waals surface area contributed by atoms with Crippen LogP contribution < -0.4 is 16.4 Å². The highest BCUT2D eigenvalue weighted by Crippen LogP contribution is 1.93. The number of ether oxygens (including phenoxy) is 1. The first-order valence-electron chi connectivity index (χ1n) is 5.29. The number of urea groups is 1. The van der Waals surface area contributed by atoms with E-state index in [-0.39, 0.29) is 12.6 Å². The molecule has 0 spiro atoms. The highest BCUT2D eigenvalue weighted by molar-refractivity contribution is 5.76. The van der Waals surface area contributed by atoms with Gasteiger partial charge in [0.05, 0.1) is 6.61 Å². The molecule has 3 amide bonds. The lowest BCUT2D eigenvalue weighted by atomic mass is 10.5. The van der Waals surface area contributed by atoms with E-state index in [2.05, 4.69) is 10.6 Å². The molecule has 0 unspecified atom stereocenters. The first kappa shape index (κ1) is 12.7. The van der Waals surface area contributed by atoms with Crippen molar-refractivity contribution < 1.29 is 14.3 Å². The summed E-state index contributed by atoms with van der Waals surface area (Å²) in [5.74, 6) is -0.464. The molecule has 0 aromatic rings. The summed E-state index contributed by atoms with van der Waals surface area (Å²) >= 11 is 0. The molecule has 4 N–H and O–H groups in total. The van der Waals surface area contributed by atoms with Gasteiger partial charge in [-0.15, -0.1) is 0 Å². The number of amides is 3. The van der Waals surface area contributed by atoms with Crippen LogP contribution in [0, 0.1) is 0 Å². The summed E-state index contributed by atoms with van der Waals surface area (Å²) in [4.78, 5) is 23.2. The quantitative estimate of drug-likeness (QED) is 0.424. The molecule has 0 aliphatic carbocycles. The first-order chi connectivity index (χ1) is 7.70. The van der Waals surface area contributed by atoms with Crippen LogP contribution in [0.2, 0.25) is 0 Å². The second-order valence-electron chi connectivity index (χ2n) is 3.49. The van der Waals surface area contributed by atoms with Crippen LogP contribution in [-0.4, -0.2) is 62.8 Å². The van der Waals surface area contributed by atoms with Gasteiger partial charge in [-0.05, 0) is 0 Å². The van der Waals surface area contributed by atoms with Gasteiger partial charge in [0, 0.05) is 32.7 Å². The fraction of sp³-hybridized carbons (Fsp3) is 0.778. The van der Waals surface area contributed by atoms with Crippen molar-refractivity contribution in [3.63, 3.8) is 0 Å². The SMILES string of the molecule is NC(=O)COCCNCCN1CCNC1=O. The van der Waals surface area contributed by atoms with Gasteiger partial charge in [0.25, 0.3) is 0 Å². The average Bonchev–Trinajstić information content (AvgIpc) is 2.62. The molecule has 7 nitrogen and oxygen atoms in total. The molecule has 0 radical (unpaired) electrons. The Morgan fingerprint density at radius 3 is 3.00 bits per heavy atom. The normalized spacial score (nSPS) is 15.2. The van der Waals surface area contributed by atoms with Crippen molar-refractivity contribution in [3.05, 3.63) is 0 Å². The fourth-order valence-corrected chi connectivity index (χ4v) is 1.38. The Kier molecular flexibility index (Phi) is 5.58. The molecule has 1 aliphatic rings. The molecule has 1 saturated heterocycles. The Morgan fingerprint density at radius 2 is 2.38 bits per heavy atom. The molecule has 1 rings (SSSR count). The topological polar surface area (TPSA) is 96.7 Å². The van der Waals surface area contributed by atoms with Gasteiger partial charge in [0.1, 0.15) is 6.61 Å². The minimum absolute atomic E-state index is 0.00761. The standard InChI is InChI=1S/C9H18N4O3/c10-8(14)7-16-6-3-11-1-4-13-5-2-12-9(13)15/h11H,1-7H2,(H2,10,14)(H,12,15). The lowest BCUT2D eigenvalue weighted by Gasteiger charge is -2.14. The molecule has 0 atom stereocenters. The Bertz CT molecular complexity index is 247. The van der Waals surface area contributed by atoms with Gasteiger partial charge in [0.2, 0.25) is 5.91 Å². The number of nitrogens with two attached hydrogens (primary N) is 1. The number of hydrogen-bond donors (Lipinski definition) is 3. The number of hydrogen-bond acceptors (Lipinski definition) is 4. The molecule has 0 bridgehead atoms. The number of nitrogens with one attached hydrogen (secondary N) is 2. The molecular weight excluding hydrogens is 212 g/mol. The van der Waals surface area contributed by atoms with Crippen LogP contribution in [0.25, 0.3) is 0 Å². The molecule has 1 fully saturated rings. The summed E-state index contributed by atoms with van der Waals surface area (Å²) in [5.41, 5.74) is 4.90. The van der Waals surface area contributed by atoms with Crippen LogP contribution in [0.15, 0.2) is 0 Å². The van der Waals surface area contributed by atoms with E-state index in [0.717, 1.165) is 13.1 Å². The average molecular weight is 230 g/mol. The zero-order valence-corrected chi connectivity index (χ0v) is 9.20. The lowest BCUT2D eigenvalue weighted by Crippen LogP contribution is -2.35. The van der Waals surface area contributed by atoms with Crippen LogP contribution in [0.4, 0.5) is 4.79 Å². The van der Waals surface area contributed by atoms with Crippen LogP contribution in [-0.2, 0) is 9.53 Å². The van der Waals surface area contributed by atoms with Crippen LogP contribution in [0.5, 0.6) is 0 Å². The molecule has 16 heavy (non-hydrogen) atoms. The van der Waals surface area contributed by atoms with Gasteiger partial charge in [-0.3, -0.25) is 4.79 Å². The Balaban J connectivity index is 1.88. The van der Waals surface area contributed by atoms with Gasteiger partial charge in [0.15, 0.2) is 0 Å². The van der Waals surface area contributed by atoms with E-state index in [0.29, 0.717) is 26.2 Å². The molecule has 7 heteroatoms. The summed E-state index contributed by atoms with van der Waals surface area (Å²) in [6.07, 6.45) is 0. The van der Waals surface area contributed by atoms with Gasteiger partial charge < -0.3 is 26.0 Å². The van der Waals surface area contributed by atoms with Crippen LogP contribution in [0.3, 0.4) is 0 Å². The van der Waals surface area contributed by atoms with Crippen molar-refractivity contribution in [2.24, 2.45) is 5.73 Å². The molecule has 0 saturated carbocycles. The Hall–Kier alpha value is -1.34. The van der Waals surface area contributed by atoms with E-state index in [1.807, 2.05) is 0 Å². The van der Waals surface area contributed by atoms with E-state index in [4.69, 9.17) is 10.5 Å². The van der Waals surface area contributed by atoms with Crippen molar-refractivity contribution in [1.82, 2.24) is 15.5 Å². The van der Waals surface area contributed by atoms with E-state index >= 15 is 0 Å². The highest BCUT2D eigenvalue weighted by Gasteiger charge is 2.17. The third-order valence-corrected chi connectivity index (χ3v) is 2.17. The fourth-order valence-electron chi connectivity index (χ4n) is 1.38. The smallest absolute Gasteiger partial charge is 0.317 e. The van der Waals surface area contributed by atoms with Crippen molar-refractivity contribution in [2.75, 3.05) is 45.9 Å². The maximum Gasteiger partial charge on any atom is 0.317 e. The molecule has 1 heterocycles. The monoisotopic (exact) mass is 230 g/mol. The van der Waals surface area contributed by atoms with Gasteiger partial charge in [-0.2, -0.15) is 0 Å². The third kappa shape index (κ3) is 4.94. The molecule has 0 aromatic heterocycles. The summed E-state index contributed by atoms with van der Waals surface area (Å²) in [7, 11) is 0. The second-order valence-corrected chi connectivity index (χ2v) is 3.49. The van der Waals surface area contributed by atoms with E-state index in [9.17, 15) is 9.59 Å². The highest BCUT2D eigenvalue weighted by atomic mass is 16.5. The molecule has 92 valence electrons. The molecule has 1 aliphatic heterocycles. The van der Waals surface area contributed by atoms with Gasteiger partial charge in [-0.1, -0.05) is 0 Å². The van der Waals surface area contributed by atoms with Crippen molar-refractivity contribution in [1.29, 1.82) is 0 Å². The van der Waals surface area contributed by atoms with E-state index in [1.165, 1.54) is 0 Å². The zero-order valence-electron chi connectivity index (χ0n) is 9.20. The summed E-state index contributed by atoms with van der Waals surface area (Å²) < 4.78 is 4.96. The summed E-state index contributed by atoms with van der Waals surface area (Å²) in [5, 5.41) is 5.83. The van der Waals surface area contributed by atoms with Gasteiger partial charge >= 0.3 is 6.03 Å². The number of rotatable bonds is 8. The Morgan fingerprint density at radius 1 is 1.56 bits per heavy atom. The zero-order chi connectivity index (χ0) is 11.8. The number of primary amides is 1. The predicted octanol–water partition coefficient (Wildman–Crippen LogP) is -1.90. The van der Waals surface area contributed by atoms with Crippen molar-refractivity contribution in [3.8, 4) is 0 Å². The maximum absolute atomic E-state index is 11.1. The maximum atomic E-state index is 11.1. The summed E-state index contributed by atoms with van der Waals surface area (Å²) in [6.45, 7) is 3.92. The van der Waals surface area contributed by atoms with Gasteiger partial charge in [-0.25, -0.2) is 4.79 Å². The minimum atomic E-state index is -0.464. The number of nitrogens with zero attached hydrogens (tertiary/aromatic N) is 1. The van der Waals surface area contributed by atoms with Crippen molar-refractivity contribution >= 4 is 11.9 Å². The van der Waals surface area contributed by atoms with Crippen LogP contribution in [0.1, 0.15) is 0 Å². The van der Waals surface area contributed by atoms with Crippen molar-refractivity contribution in [2.45, 2.75) is 0 Å². The predicted molar refractivity (Wildman–Crippen MR) is 57.9 cm³/mol. The largest absolute Gasteiger partial charge is 0.370 e. The minimum Gasteiger partial charge on any atom is -0.370 e. The number of carbonyl (C=O) groups excluding carboxylic acids is 2. The summed E-state index contributed by atoms with van der Waals surface area (Å²) in [6, 6.07) is -0.00761. The van der Waals surface area contributed by atoms with E-state index in [1.54, 1.807) is 4.90 Å². The number of carbonyl (C=O) groups is 2. The molecular formula is C9H18N4O3. The lowest BCUT2D eigenvalue weighted by molar-refractivity contribution is -0.122. The third-order valence-electron chi connectivity index (χ3n) is 2.17. The van der Waals surface area contributed by atoms with Crippen LogP contribution >= 0.6 is 0 Å².